The maximum atomic E-state index is 13.0. The molecule has 0 saturated carbocycles. The molecule has 0 saturated heterocycles. The Morgan fingerprint density at radius 2 is 1.56 bits per heavy atom. The standard InChI is InChI=1S/C22H19ClN4O4S/c1-30-15-10-11-19(20(13-15)31-2)26-21-22(25-18-9-4-3-8-17(18)24-21)27-32(28,29)16-7-5-6-14(23)12-16/h3-13H,1-2H3,(H,24,26)(H,25,27). The Bertz CT molecular complexity index is 1400. The van der Waals surface area contributed by atoms with Gasteiger partial charge in [-0.2, -0.15) is 0 Å². The van der Waals surface area contributed by atoms with Crippen molar-refractivity contribution in [3.8, 4) is 11.5 Å². The monoisotopic (exact) mass is 470 g/mol. The van der Waals surface area contributed by atoms with Crippen LogP contribution in [-0.4, -0.2) is 32.6 Å². The van der Waals surface area contributed by atoms with Crippen LogP contribution < -0.4 is 19.5 Å². The van der Waals surface area contributed by atoms with Crippen LogP contribution >= 0.6 is 11.6 Å². The van der Waals surface area contributed by atoms with Crippen molar-refractivity contribution < 1.29 is 17.9 Å². The maximum Gasteiger partial charge on any atom is 0.263 e. The van der Waals surface area contributed by atoms with Crippen LogP contribution in [0.5, 0.6) is 11.5 Å². The van der Waals surface area contributed by atoms with Crippen molar-refractivity contribution in [1.82, 2.24) is 9.97 Å². The van der Waals surface area contributed by atoms with Gasteiger partial charge in [-0.3, -0.25) is 4.72 Å². The molecule has 0 aliphatic rings. The van der Waals surface area contributed by atoms with Gasteiger partial charge < -0.3 is 14.8 Å². The van der Waals surface area contributed by atoms with Gasteiger partial charge in [-0.1, -0.05) is 29.8 Å². The summed E-state index contributed by atoms with van der Waals surface area (Å²) >= 11 is 5.97. The molecule has 4 aromatic rings. The average molecular weight is 471 g/mol. The number of nitrogens with one attached hydrogen (secondary N) is 2. The van der Waals surface area contributed by atoms with Crippen LogP contribution in [0, 0.1) is 0 Å². The van der Waals surface area contributed by atoms with E-state index >= 15 is 0 Å². The van der Waals surface area contributed by atoms with Gasteiger partial charge in [-0.25, -0.2) is 18.4 Å². The van der Waals surface area contributed by atoms with Crippen LogP contribution in [0.25, 0.3) is 11.0 Å². The number of nitrogens with zero attached hydrogens (tertiary/aromatic N) is 2. The fourth-order valence-electron chi connectivity index (χ4n) is 3.01. The molecule has 8 nitrogen and oxygen atoms in total. The minimum Gasteiger partial charge on any atom is -0.497 e. The summed E-state index contributed by atoms with van der Waals surface area (Å²) in [5.41, 5.74) is 1.68. The second kappa shape index (κ2) is 8.89. The molecule has 0 radical (unpaired) electrons. The van der Waals surface area contributed by atoms with E-state index in [1.165, 1.54) is 19.2 Å². The number of benzene rings is 3. The van der Waals surface area contributed by atoms with Crippen molar-refractivity contribution in [3.63, 3.8) is 0 Å². The summed E-state index contributed by atoms with van der Waals surface area (Å²) in [6.45, 7) is 0. The first-order chi connectivity index (χ1) is 15.4. The largest absolute Gasteiger partial charge is 0.497 e. The highest BCUT2D eigenvalue weighted by Crippen LogP contribution is 2.34. The van der Waals surface area contributed by atoms with Gasteiger partial charge in [-0.15, -0.1) is 0 Å². The van der Waals surface area contributed by atoms with Crippen LogP contribution in [-0.2, 0) is 10.0 Å². The minimum atomic E-state index is -3.97. The predicted octanol–water partition coefficient (Wildman–Crippen LogP) is 4.84. The maximum absolute atomic E-state index is 13.0. The number of rotatable bonds is 7. The smallest absolute Gasteiger partial charge is 0.263 e. The summed E-state index contributed by atoms with van der Waals surface area (Å²) < 4.78 is 39.2. The molecule has 3 aromatic carbocycles. The molecule has 0 unspecified atom stereocenters. The quantitative estimate of drug-likeness (QED) is 0.398. The van der Waals surface area contributed by atoms with Gasteiger partial charge in [0.1, 0.15) is 11.5 Å². The molecule has 0 atom stereocenters. The number of hydrogen-bond acceptors (Lipinski definition) is 7. The van der Waals surface area contributed by atoms with Crippen LogP contribution in [0.4, 0.5) is 17.3 Å². The van der Waals surface area contributed by atoms with Crippen molar-refractivity contribution in [2.24, 2.45) is 0 Å². The number of methoxy groups -OCH3 is 2. The Morgan fingerprint density at radius 3 is 2.22 bits per heavy atom. The summed E-state index contributed by atoms with van der Waals surface area (Å²) in [5, 5.41) is 3.42. The number of ether oxygens (including phenoxy) is 2. The van der Waals surface area contributed by atoms with Crippen molar-refractivity contribution in [2.75, 3.05) is 24.3 Å². The SMILES string of the molecule is COc1ccc(Nc2nc3ccccc3nc2NS(=O)(=O)c2cccc(Cl)c2)c(OC)c1. The second-order valence-electron chi connectivity index (χ2n) is 6.66. The number of fused-ring (bicyclic) bond motifs is 1. The van der Waals surface area contributed by atoms with E-state index < -0.39 is 10.0 Å². The van der Waals surface area contributed by atoms with Gasteiger partial charge in [-0.05, 0) is 42.5 Å². The number of aromatic nitrogens is 2. The van der Waals surface area contributed by atoms with Gasteiger partial charge in [0.2, 0.25) is 0 Å². The third kappa shape index (κ3) is 4.53. The van der Waals surface area contributed by atoms with Crippen molar-refractivity contribution in [1.29, 1.82) is 0 Å². The molecular weight excluding hydrogens is 452 g/mol. The molecule has 32 heavy (non-hydrogen) atoms. The highest BCUT2D eigenvalue weighted by Gasteiger charge is 2.20. The van der Waals surface area contributed by atoms with Crippen molar-refractivity contribution >= 4 is 50.0 Å². The lowest BCUT2D eigenvalue weighted by atomic mass is 10.2. The lowest BCUT2D eigenvalue weighted by Crippen LogP contribution is -2.16. The van der Waals surface area contributed by atoms with Crippen molar-refractivity contribution in [2.45, 2.75) is 4.90 Å². The second-order valence-corrected chi connectivity index (χ2v) is 8.78. The first-order valence-electron chi connectivity index (χ1n) is 9.44. The minimum absolute atomic E-state index is 0.00735. The summed E-state index contributed by atoms with van der Waals surface area (Å²) in [4.78, 5) is 9.06. The van der Waals surface area contributed by atoms with E-state index in [1.807, 2.05) is 6.07 Å². The zero-order valence-electron chi connectivity index (χ0n) is 17.2. The summed E-state index contributed by atoms with van der Waals surface area (Å²) in [5.74, 6) is 1.33. The van der Waals surface area contributed by atoms with Crippen LogP contribution in [0.2, 0.25) is 5.02 Å². The van der Waals surface area contributed by atoms with Gasteiger partial charge in [0.05, 0.1) is 35.8 Å². The Kier molecular flexibility index (Phi) is 6.02. The van der Waals surface area contributed by atoms with E-state index in [9.17, 15) is 8.42 Å². The Hall–Kier alpha value is -3.56. The lowest BCUT2D eigenvalue weighted by molar-refractivity contribution is 0.395. The van der Waals surface area contributed by atoms with Crippen LogP contribution in [0.1, 0.15) is 0 Å². The number of anilines is 3. The molecular formula is C22H19ClN4O4S. The zero-order valence-corrected chi connectivity index (χ0v) is 18.7. The van der Waals surface area contributed by atoms with Gasteiger partial charge in [0, 0.05) is 11.1 Å². The summed E-state index contributed by atoms with van der Waals surface area (Å²) in [6.07, 6.45) is 0. The third-order valence-corrected chi connectivity index (χ3v) is 6.14. The fourth-order valence-corrected chi connectivity index (χ4v) is 4.32. The molecule has 0 aliphatic carbocycles. The van der Waals surface area contributed by atoms with E-state index in [0.29, 0.717) is 33.2 Å². The third-order valence-electron chi connectivity index (χ3n) is 4.57. The number of hydrogen-bond donors (Lipinski definition) is 2. The lowest BCUT2D eigenvalue weighted by Gasteiger charge is -2.16. The van der Waals surface area contributed by atoms with Crippen LogP contribution in [0.3, 0.4) is 0 Å². The average Bonchev–Trinajstić information content (AvgIpc) is 2.79. The number of halogens is 1. The molecule has 2 N–H and O–H groups in total. The topological polar surface area (TPSA) is 102 Å². The van der Waals surface area contributed by atoms with Gasteiger partial charge in [0.25, 0.3) is 10.0 Å². The normalized spacial score (nSPS) is 11.2. The van der Waals surface area contributed by atoms with Crippen LogP contribution in [0.15, 0.2) is 71.6 Å². The highest BCUT2D eigenvalue weighted by molar-refractivity contribution is 7.92. The Morgan fingerprint density at radius 1 is 0.844 bits per heavy atom. The highest BCUT2D eigenvalue weighted by atomic mass is 35.5. The van der Waals surface area contributed by atoms with E-state index in [0.717, 1.165) is 0 Å². The molecule has 0 spiro atoms. The van der Waals surface area contributed by atoms with E-state index in [-0.39, 0.29) is 16.5 Å². The predicted molar refractivity (Wildman–Crippen MR) is 125 cm³/mol. The van der Waals surface area contributed by atoms with Crippen molar-refractivity contribution in [3.05, 3.63) is 71.8 Å². The van der Waals surface area contributed by atoms with E-state index in [2.05, 4.69) is 20.0 Å². The molecule has 4 rings (SSSR count). The Balaban J connectivity index is 1.79. The van der Waals surface area contributed by atoms with Gasteiger partial charge in [0.15, 0.2) is 11.6 Å². The Labute approximate surface area is 190 Å². The number of sulfonamides is 1. The molecule has 10 heteroatoms. The molecule has 1 heterocycles. The van der Waals surface area contributed by atoms with E-state index in [4.69, 9.17) is 21.1 Å². The molecule has 0 aliphatic heterocycles. The fraction of sp³-hybridized carbons (Fsp3) is 0.0909. The number of para-hydroxylation sites is 2. The van der Waals surface area contributed by atoms with E-state index in [1.54, 1.807) is 55.6 Å². The molecule has 164 valence electrons. The summed E-state index contributed by atoms with van der Waals surface area (Å²) in [6, 6.07) is 18.3. The summed E-state index contributed by atoms with van der Waals surface area (Å²) in [7, 11) is -0.896. The molecule has 0 fully saturated rings. The molecule has 0 amide bonds. The molecule has 0 bridgehead atoms. The first-order valence-corrected chi connectivity index (χ1v) is 11.3. The van der Waals surface area contributed by atoms with Gasteiger partial charge >= 0.3 is 0 Å². The molecule has 1 aromatic heterocycles. The zero-order chi connectivity index (χ0) is 22.7. The first kappa shape index (κ1) is 21.7.